The predicted molar refractivity (Wildman–Crippen MR) is 73.1 cm³/mol. The van der Waals surface area contributed by atoms with Gasteiger partial charge in [0.15, 0.2) is 0 Å². The summed E-state index contributed by atoms with van der Waals surface area (Å²) in [5, 5.41) is 7.69. The van der Waals surface area contributed by atoms with Gasteiger partial charge in [0, 0.05) is 13.2 Å². The van der Waals surface area contributed by atoms with Gasteiger partial charge in [-0.15, -0.1) is 0 Å². The van der Waals surface area contributed by atoms with E-state index in [1.54, 1.807) is 0 Å². The molecular formula is C14H27N3. The van der Waals surface area contributed by atoms with E-state index >= 15 is 0 Å². The molecule has 0 aliphatic rings. The first-order chi connectivity index (χ1) is 8.03. The van der Waals surface area contributed by atoms with E-state index in [2.05, 4.69) is 37.4 Å². The van der Waals surface area contributed by atoms with Gasteiger partial charge in [0.2, 0.25) is 0 Å². The highest BCUT2D eigenvalue weighted by Gasteiger charge is 2.17. The molecule has 1 aromatic rings. The van der Waals surface area contributed by atoms with Crippen LogP contribution >= 0.6 is 0 Å². The molecule has 0 radical (unpaired) electrons. The summed E-state index contributed by atoms with van der Waals surface area (Å²) in [6.07, 6.45) is 8.92. The van der Waals surface area contributed by atoms with Gasteiger partial charge >= 0.3 is 0 Å². The lowest BCUT2D eigenvalue weighted by molar-refractivity contribution is 0.302. The van der Waals surface area contributed by atoms with Crippen LogP contribution in [0, 0.1) is 5.41 Å². The fourth-order valence-corrected chi connectivity index (χ4v) is 1.94. The Hall–Kier alpha value is -0.830. The summed E-state index contributed by atoms with van der Waals surface area (Å²) in [7, 11) is 1.98. The van der Waals surface area contributed by atoms with Crippen LogP contribution in [0.3, 0.4) is 0 Å². The second-order valence-corrected chi connectivity index (χ2v) is 5.69. The summed E-state index contributed by atoms with van der Waals surface area (Å²) in [4.78, 5) is 0. The predicted octanol–water partition coefficient (Wildman–Crippen LogP) is 2.77. The third-order valence-corrected chi connectivity index (χ3v) is 3.25. The molecule has 0 bridgehead atoms. The van der Waals surface area contributed by atoms with E-state index in [0.29, 0.717) is 5.41 Å². The lowest BCUT2D eigenvalue weighted by atomic mass is 9.83. The normalized spacial score (nSPS) is 12.0. The summed E-state index contributed by atoms with van der Waals surface area (Å²) >= 11 is 0. The lowest BCUT2D eigenvalue weighted by Gasteiger charge is -2.24. The highest BCUT2D eigenvalue weighted by Crippen LogP contribution is 2.26. The quantitative estimate of drug-likeness (QED) is 0.705. The van der Waals surface area contributed by atoms with Crippen molar-refractivity contribution in [2.75, 3.05) is 13.1 Å². The van der Waals surface area contributed by atoms with E-state index in [-0.39, 0.29) is 0 Å². The van der Waals surface area contributed by atoms with Gasteiger partial charge in [0.1, 0.15) is 0 Å². The molecule has 0 atom stereocenters. The molecule has 1 heterocycles. The third kappa shape index (κ3) is 5.87. The van der Waals surface area contributed by atoms with E-state index in [9.17, 15) is 0 Å². The van der Waals surface area contributed by atoms with Crippen LogP contribution in [0.15, 0.2) is 12.4 Å². The van der Waals surface area contributed by atoms with Crippen molar-refractivity contribution < 1.29 is 0 Å². The number of rotatable bonds is 8. The number of aryl methyl sites for hydroxylation is 2. The van der Waals surface area contributed by atoms with Crippen LogP contribution < -0.4 is 5.32 Å². The van der Waals surface area contributed by atoms with Crippen molar-refractivity contribution in [2.45, 2.75) is 46.5 Å². The van der Waals surface area contributed by atoms with Crippen molar-refractivity contribution in [1.29, 1.82) is 0 Å². The van der Waals surface area contributed by atoms with Gasteiger partial charge in [-0.05, 0) is 49.8 Å². The zero-order valence-corrected chi connectivity index (χ0v) is 11.8. The van der Waals surface area contributed by atoms with Crippen LogP contribution in [-0.2, 0) is 13.5 Å². The second-order valence-electron chi connectivity index (χ2n) is 5.69. The molecule has 0 fully saturated rings. The van der Waals surface area contributed by atoms with Crippen molar-refractivity contribution in [1.82, 2.24) is 15.1 Å². The Morgan fingerprint density at radius 2 is 2.06 bits per heavy atom. The topological polar surface area (TPSA) is 29.9 Å². The molecule has 3 heteroatoms. The van der Waals surface area contributed by atoms with Crippen LogP contribution in [0.25, 0.3) is 0 Å². The van der Waals surface area contributed by atoms with Crippen LogP contribution in [-0.4, -0.2) is 22.9 Å². The zero-order chi connectivity index (χ0) is 12.7. The van der Waals surface area contributed by atoms with E-state index in [1.165, 1.54) is 24.8 Å². The molecule has 1 rings (SSSR count). The molecule has 0 aliphatic heterocycles. The Morgan fingerprint density at radius 1 is 1.29 bits per heavy atom. The van der Waals surface area contributed by atoms with Gasteiger partial charge in [0.25, 0.3) is 0 Å². The van der Waals surface area contributed by atoms with Crippen LogP contribution in [0.1, 0.15) is 45.6 Å². The number of hydrogen-bond acceptors (Lipinski definition) is 2. The lowest BCUT2D eigenvalue weighted by Crippen LogP contribution is -2.23. The minimum Gasteiger partial charge on any atom is -0.317 e. The largest absolute Gasteiger partial charge is 0.317 e. The van der Waals surface area contributed by atoms with E-state index < -0.39 is 0 Å². The molecule has 3 nitrogen and oxygen atoms in total. The molecule has 0 amide bonds. The van der Waals surface area contributed by atoms with Gasteiger partial charge in [-0.2, -0.15) is 5.10 Å². The maximum atomic E-state index is 4.21. The average molecular weight is 237 g/mol. The smallest absolute Gasteiger partial charge is 0.0521 e. The molecule has 0 spiro atoms. The third-order valence-electron chi connectivity index (χ3n) is 3.25. The van der Waals surface area contributed by atoms with Crippen LogP contribution in [0.4, 0.5) is 0 Å². The molecule has 1 aromatic heterocycles. The number of nitrogens with one attached hydrogen (secondary N) is 1. The van der Waals surface area contributed by atoms with Crippen molar-refractivity contribution in [3.05, 3.63) is 18.0 Å². The zero-order valence-electron chi connectivity index (χ0n) is 11.8. The molecule has 0 unspecified atom stereocenters. The SMILES string of the molecule is CCCNCCC(C)(C)CCc1cnn(C)c1. The van der Waals surface area contributed by atoms with Crippen LogP contribution in [0.2, 0.25) is 0 Å². The van der Waals surface area contributed by atoms with Crippen molar-refractivity contribution >= 4 is 0 Å². The van der Waals surface area contributed by atoms with Gasteiger partial charge in [0.05, 0.1) is 6.20 Å². The standard InChI is InChI=1S/C14H27N3/c1-5-9-15-10-8-14(2,3)7-6-13-11-16-17(4)12-13/h11-12,15H,5-10H2,1-4H3. The highest BCUT2D eigenvalue weighted by molar-refractivity contribution is 5.04. The number of nitrogens with zero attached hydrogens (tertiary/aromatic N) is 2. The Labute approximate surface area is 106 Å². The Bertz CT molecular complexity index is 315. The summed E-state index contributed by atoms with van der Waals surface area (Å²) < 4.78 is 1.88. The maximum Gasteiger partial charge on any atom is 0.0521 e. The van der Waals surface area contributed by atoms with Gasteiger partial charge in [-0.3, -0.25) is 4.68 Å². The molecule has 1 N–H and O–H groups in total. The van der Waals surface area contributed by atoms with E-state index in [4.69, 9.17) is 0 Å². The monoisotopic (exact) mass is 237 g/mol. The first-order valence-electron chi connectivity index (χ1n) is 6.72. The van der Waals surface area contributed by atoms with E-state index in [1.807, 2.05) is 17.9 Å². The molecule has 98 valence electrons. The molecule has 0 saturated heterocycles. The first kappa shape index (κ1) is 14.2. The van der Waals surface area contributed by atoms with E-state index in [0.717, 1.165) is 19.5 Å². The Morgan fingerprint density at radius 3 is 2.65 bits per heavy atom. The minimum atomic E-state index is 0.413. The van der Waals surface area contributed by atoms with Gasteiger partial charge in [-0.25, -0.2) is 0 Å². The maximum absolute atomic E-state index is 4.21. The fourth-order valence-electron chi connectivity index (χ4n) is 1.94. The fraction of sp³-hybridized carbons (Fsp3) is 0.786. The molecule has 0 aromatic carbocycles. The summed E-state index contributed by atoms with van der Waals surface area (Å²) in [6, 6.07) is 0. The minimum absolute atomic E-state index is 0.413. The Kier molecular flexibility index (Phi) is 5.69. The average Bonchev–Trinajstić information content (AvgIpc) is 2.68. The van der Waals surface area contributed by atoms with Gasteiger partial charge in [-0.1, -0.05) is 20.8 Å². The van der Waals surface area contributed by atoms with Crippen molar-refractivity contribution in [2.24, 2.45) is 12.5 Å². The second kappa shape index (κ2) is 6.80. The molecule has 0 saturated carbocycles. The van der Waals surface area contributed by atoms with Crippen molar-refractivity contribution in [3.8, 4) is 0 Å². The van der Waals surface area contributed by atoms with Crippen molar-refractivity contribution in [3.63, 3.8) is 0 Å². The first-order valence-corrected chi connectivity index (χ1v) is 6.72. The number of hydrogen-bond donors (Lipinski definition) is 1. The highest BCUT2D eigenvalue weighted by atomic mass is 15.2. The van der Waals surface area contributed by atoms with Gasteiger partial charge < -0.3 is 5.32 Å². The number of aromatic nitrogens is 2. The van der Waals surface area contributed by atoms with Crippen LogP contribution in [0.5, 0.6) is 0 Å². The molecule has 17 heavy (non-hydrogen) atoms. The summed E-state index contributed by atoms with van der Waals surface area (Å²) in [5.41, 5.74) is 1.76. The summed E-state index contributed by atoms with van der Waals surface area (Å²) in [6.45, 7) is 9.20. The molecular weight excluding hydrogens is 210 g/mol. The summed E-state index contributed by atoms with van der Waals surface area (Å²) in [5.74, 6) is 0. The Balaban J connectivity index is 2.24. The molecule has 0 aliphatic carbocycles.